The van der Waals surface area contributed by atoms with E-state index < -0.39 is 27.5 Å². The third-order valence-electron chi connectivity index (χ3n) is 5.67. The lowest BCUT2D eigenvalue weighted by Crippen LogP contribution is -2.52. The Morgan fingerprint density at radius 3 is 2.20 bits per heavy atom. The first-order valence-electron chi connectivity index (χ1n) is 10.4. The summed E-state index contributed by atoms with van der Waals surface area (Å²) >= 11 is 6.02. The third-order valence-corrected chi connectivity index (χ3v) is 7.74. The molecule has 2 aromatic rings. The summed E-state index contributed by atoms with van der Waals surface area (Å²) < 4.78 is 64.9. The van der Waals surface area contributed by atoms with Crippen molar-refractivity contribution in [2.24, 2.45) is 0 Å². The first-order valence-corrected chi connectivity index (χ1v) is 12.2. The van der Waals surface area contributed by atoms with E-state index in [1.807, 2.05) is 12.4 Å². The summed E-state index contributed by atoms with van der Waals surface area (Å²) in [5, 5.41) is 11.0. The fourth-order valence-electron chi connectivity index (χ4n) is 3.26. The van der Waals surface area contributed by atoms with Crippen LogP contribution >= 0.6 is 11.6 Å². The van der Waals surface area contributed by atoms with Gasteiger partial charge >= 0.3 is 6.18 Å². The molecule has 0 aromatic heterocycles. The van der Waals surface area contributed by atoms with E-state index in [0.29, 0.717) is 26.2 Å². The summed E-state index contributed by atoms with van der Waals surface area (Å²) in [7, 11) is -2.22. The number of hydrogen-bond acceptors (Lipinski definition) is 6. The van der Waals surface area contributed by atoms with Gasteiger partial charge in [-0.25, -0.2) is 8.42 Å². The van der Waals surface area contributed by atoms with Crippen LogP contribution in [-0.4, -0.2) is 80.1 Å². The molecule has 0 bridgehead atoms. The maximum Gasteiger partial charge on any atom is 0.426 e. The lowest BCUT2D eigenvalue weighted by atomic mass is 10.1. The first-order chi connectivity index (χ1) is 16.1. The SMILES string of the molecule is CN1CCN(C(=O)c2cccc(S(=O)(=O)c3ccc(NC(=O)[C@@](C)(O)C(F)(F)F)c(Cl)c3)c2)CC1. The third kappa shape index (κ3) is 5.61. The molecule has 2 amide bonds. The smallest absolute Gasteiger partial charge is 0.373 e. The maximum absolute atomic E-state index is 13.1. The summed E-state index contributed by atoms with van der Waals surface area (Å²) in [6.45, 7) is 2.70. The van der Waals surface area contributed by atoms with Crippen molar-refractivity contribution in [3.63, 3.8) is 0 Å². The number of sulfone groups is 1. The van der Waals surface area contributed by atoms with Gasteiger partial charge in [-0.05, 0) is 50.4 Å². The standard InChI is InChI=1S/C22H23ClF3N3O5S/c1-21(32,22(24,25)26)20(31)27-18-7-6-16(13-17(18)23)35(33,34)15-5-3-4-14(12-15)19(30)29-10-8-28(2)9-11-29/h3-7,12-13,32H,8-11H2,1-2H3,(H,27,31)/t21-/m1/s1. The van der Waals surface area contributed by atoms with E-state index in [0.717, 1.165) is 18.2 Å². The Kier molecular flexibility index (Phi) is 7.51. The van der Waals surface area contributed by atoms with E-state index in [-0.39, 0.29) is 38.9 Å². The number of nitrogens with one attached hydrogen (secondary N) is 1. The summed E-state index contributed by atoms with van der Waals surface area (Å²) in [5.41, 5.74) is -3.81. The summed E-state index contributed by atoms with van der Waals surface area (Å²) in [6, 6.07) is 8.53. The number of likely N-dealkylation sites (N-methyl/N-ethyl adjacent to an activating group) is 1. The van der Waals surface area contributed by atoms with Crippen LogP contribution in [-0.2, 0) is 14.6 Å². The quantitative estimate of drug-likeness (QED) is 0.612. The molecule has 1 atom stereocenters. The van der Waals surface area contributed by atoms with Gasteiger partial charge in [-0.15, -0.1) is 0 Å². The Balaban J connectivity index is 1.84. The molecule has 3 rings (SSSR count). The van der Waals surface area contributed by atoms with E-state index in [1.54, 1.807) is 4.90 Å². The average molecular weight is 534 g/mol. The highest BCUT2D eigenvalue weighted by molar-refractivity contribution is 7.91. The van der Waals surface area contributed by atoms with Gasteiger partial charge in [-0.2, -0.15) is 13.2 Å². The molecule has 13 heteroatoms. The molecule has 1 heterocycles. The number of piperazine rings is 1. The van der Waals surface area contributed by atoms with Crippen LogP contribution in [0.1, 0.15) is 17.3 Å². The minimum Gasteiger partial charge on any atom is -0.373 e. The Bertz CT molecular complexity index is 1240. The van der Waals surface area contributed by atoms with Gasteiger partial charge in [-0.3, -0.25) is 9.59 Å². The molecule has 1 aliphatic rings. The summed E-state index contributed by atoms with van der Waals surface area (Å²) in [6.07, 6.45) is -5.24. The van der Waals surface area contributed by atoms with E-state index >= 15 is 0 Å². The molecule has 0 radical (unpaired) electrons. The van der Waals surface area contributed by atoms with Crippen molar-refractivity contribution in [3.8, 4) is 0 Å². The van der Waals surface area contributed by atoms with Crippen LogP contribution < -0.4 is 5.32 Å². The van der Waals surface area contributed by atoms with Crippen LogP contribution in [0.5, 0.6) is 0 Å². The number of alkyl halides is 3. The first kappa shape index (κ1) is 26.9. The second-order valence-corrected chi connectivity index (χ2v) is 10.6. The number of hydrogen-bond donors (Lipinski definition) is 2. The van der Waals surface area contributed by atoms with E-state index in [9.17, 15) is 36.3 Å². The molecular formula is C22H23ClF3N3O5S. The second-order valence-electron chi connectivity index (χ2n) is 8.29. The van der Waals surface area contributed by atoms with Crippen LogP contribution in [0.2, 0.25) is 5.02 Å². The zero-order chi connectivity index (χ0) is 26.2. The molecule has 35 heavy (non-hydrogen) atoms. The number of rotatable bonds is 5. The van der Waals surface area contributed by atoms with Crippen LogP contribution in [0.3, 0.4) is 0 Å². The molecule has 0 saturated carbocycles. The Morgan fingerprint density at radius 1 is 1.03 bits per heavy atom. The number of benzene rings is 2. The number of amides is 2. The number of anilines is 1. The van der Waals surface area contributed by atoms with Gasteiger partial charge in [0.2, 0.25) is 15.4 Å². The Hall–Kier alpha value is -2.67. The molecular weight excluding hydrogens is 511 g/mol. The molecule has 1 fully saturated rings. The number of nitrogens with zero attached hydrogens (tertiary/aromatic N) is 2. The van der Waals surface area contributed by atoms with Gasteiger partial charge in [-0.1, -0.05) is 17.7 Å². The van der Waals surface area contributed by atoms with Crippen molar-refractivity contribution in [1.29, 1.82) is 0 Å². The van der Waals surface area contributed by atoms with Crippen LogP contribution in [0.15, 0.2) is 52.3 Å². The van der Waals surface area contributed by atoms with Crippen molar-refractivity contribution >= 4 is 38.9 Å². The fraction of sp³-hybridized carbons (Fsp3) is 0.364. The monoisotopic (exact) mass is 533 g/mol. The van der Waals surface area contributed by atoms with Crippen molar-refractivity contribution in [2.45, 2.75) is 28.5 Å². The molecule has 2 N–H and O–H groups in total. The number of carbonyl (C=O) groups is 2. The van der Waals surface area contributed by atoms with Crippen molar-refractivity contribution in [3.05, 3.63) is 53.1 Å². The largest absolute Gasteiger partial charge is 0.426 e. The molecule has 0 spiro atoms. The number of carbonyl (C=O) groups excluding carboxylic acids is 2. The van der Waals surface area contributed by atoms with E-state index in [1.165, 1.54) is 24.3 Å². The normalized spacial score (nSPS) is 17.1. The Morgan fingerprint density at radius 2 is 1.63 bits per heavy atom. The number of aliphatic hydroxyl groups is 1. The predicted molar refractivity (Wildman–Crippen MR) is 122 cm³/mol. The van der Waals surface area contributed by atoms with E-state index in [4.69, 9.17) is 11.6 Å². The van der Waals surface area contributed by atoms with E-state index in [2.05, 4.69) is 4.90 Å². The van der Waals surface area contributed by atoms with Crippen LogP contribution in [0, 0.1) is 0 Å². The lowest BCUT2D eigenvalue weighted by Gasteiger charge is -2.32. The van der Waals surface area contributed by atoms with Gasteiger partial charge in [0.1, 0.15) is 0 Å². The maximum atomic E-state index is 13.1. The van der Waals surface area contributed by atoms with Gasteiger partial charge in [0.05, 0.1) is 20.5 Å². The van der Waals surface area contributed by atoms with Gasteiger partial charge in [0.15, 0.2) is 0 Å². The van der Waals surface area contributed by atoms with Gasteiger partial charge in [0.25, 0.3) is 11.8 Å². The summed E-state index contributed by atoms with van der Waals surface area (Å²) in [4.78, 5) is 27.9. The molecule has 1 saturated heterocycles. The topological polar surface area (TPSA) is 107 Å². The molecule has 0 aliphatic carbocycles. The average Bonchev–Trinajstić information content (AvgIpc) is 2.79. The Labute approximate surface area is 205 Å². The van der Waals surface area contributed by atoms with Gasteiger partial charge in [0, 0.05) is 31.7 Å². The molecule has 8 nitrogen and oxygen atoms in total. The van der Waals surface area contributed by atoms with Crippen molar-refractivity contribution < 1.29 is 36.3 Å². The zero-order valence-electron chi connectivity index (χ0n) is 18.8. The highest BCUT2D eigenvalue weighted by Gasteiger charge is 2.55. The second kappa shape index (κ2) is 9.76. The molecule has 1 aliphatic heterocycles. The van der Waals surface area contributed by atoms with Crippen LogP contribution in [0.25, 0.3) is 0 Å². The zero-order valence-corrected chi connectivity index (χ0v) is 20.3. The highest BCUT2D eigenvalue weighted by atomic mass is 35.5. The van der Waals surface area contributed by atoms with Crippen molar-refractivity contribution in [2.75, 3.05) is 38.5 Å². The number of halogens is 4. The van der Waals surface area contributed by atoms with Gasteiger partial charge < -0.3 is 20.2 Å². The minimum atomic E-state index is -5.24. The fourth-order valence-corrected chi connectivity index (χ4v) is 4.89. The minimum absolute atomic E-state index is 0.176. The molecule has 190 valence electrons. The predicted octanol–water partition coefficient (Wildman–Crippen LogP) is 2.81. The summed E-state index contributed by atoms with van der Waals surface area (Å²) in [5.74, 6) is -2.08. The molecule has 0 unspecified atom stereocenters. The van der Waals surface area contributed by atoms with Crippen molar-refractivity contribution in [1.82, 2.24) is 9.80 Å². The van der Waals surface area contributed by atoms with Crippen LogP contribution in [0.4, 0.5) is 18.9 Å². The molecule has 2 aromatic carbocycles. The lowest BCUT2D eigenvalue weighted by molar-refractivity contribution is -0.242. The highest BCUT2D eigenvalue weighted by Crippen LogP contribution is 2.33.